The van der Waals surface area contributed by atoms with Gasteiger partial charge in [-0.05, 0) is 52.2 Å². The minimum absolute atomic E-state index is 0.0173. The number of thioether (sulfide) groups is 1. The van der Waals surface area contributed by atoms with Crippen LogP contribution in [0.2, 0.25) is 0 Å². The number of carbonyl (C=O) groups excluding carboxylic acids is 1. The summed E-state index contributed by atoms with van der Waals surface area (Å²) in [5, 5.41) is 11.6. The van der Waals surface area contributed by atoms with Crippen molar-refractivity contribution in [3.63, 3.8) is 0 Å². The lowest BCUT2D eigenvalue weighted by Crippen LogP contribution is -2.27. The molecule has 7 nitrogen and oxygen atoms in total. The van der Waals surface area contributed by atoms with E-state index in [1.54, 1.807) is 18.3 Å². The average molecular weight is 499 g/mol. The number of carbonyl (C=O) groups is 1. The quantitative estimate of drug-likeness (QED) is 0.250. The highest BCUT2D eigenvalue weighted by molar-refractivity contribution is 7.99. The Kier molecular flexibility index (Phi) is 7.04. The number of methoxy groups -OCH3 is 1. The van der Waals surface area contributed by atoms with Gasteiger partial charge in [0.15, 0.2) is 10.9 Å². The molecule has 0 atom stereocenters. The van der Waals surface area contributed by atoms with Crippen LogP contribution in [0.15, 0.2) is 94.7 Å². The van der Waals surface area contributed by atoms with Gasteiger partial charge >= 0.3 is 0 Å². The smallest absolute Gasteiger partial charge is 0.233 e. The molecule has 0 N–H and O–H groups in total. The summed E-state index contributed by atoms with van der Waals surface area (Å²) >= 11 is 1.38. The topological polar surface area (TPSA) is 73.4 Å². The number of hydrogen-bond donors (Lipinski definition) is 0. The van der Waals surface area contributed by atoms with Gasteiger partial charge in [0.1, 0.15) is 5.75 Å². The van der Waals surface area contributed by atoms with E-state index < -0.39 is 0 Å². The standard InChI is InChI=1S/C28H26N4O3S/c1-31(17-21-10-11-23-16-24(34-2)13-12-22(23)15-21)26(33)19-36-28-30-29-27(25-9-6-14-35-25)32(28)18-20-7-4-3-5-8-20/h3-16H,17-19H2,1-2H3. The van der Waals surface area contributed by atoms with Gasteiger partial charge in [0.25, 0.3) is 0 Å². The van der Waals surface area contributed by atoms with Gasteiger partial charge in [0.05, 0.1) is 25.7 Å². The van der Waals surface area contributed by atoms with Gasteiger partial charge < -0.3 is 14.1 Å². The first-order chi connectivity index (χ1) is 17.6. The monoisotopic (exact) mass is 498 g/mol. The molecule has 5 rings (SSSR count). The first kappa shape index (κ1) is 23.7. The van der Waals surface area contributed by atoms with Crippen molar-refractivity contribution in [2.45, 2.75) is 18.2 Å². The van der Waals surface area contributed by atoms with Crippen molar-refractivity contribution in [3.8, 4) is 17.3 Å². The zero-order valence-corrected chi connectivity index (χ0v) is 20.9. The van der Waals surface area contributed by atoms with Crippen LogP contribution in [0.1, 0.15) is 11.1 Å². The molecule has 0 fully saturated rings. The Morgan fingerprint density at radius 1 is 0.972 bits per heavy atom. The van der Waals surface area contributed by atoms with E-state index in [2.05, 4.69) is 34.5 Å². The summed E-state index contributed by atoms with van der Waals surface area (Å²) in [4.78, 5) is 14.7. The van der Waals surface area contributed by atoms with Crippen LogP contribution in [0, 0.1) is 0 Å². The van der Waals surface area contributed by atoms with E-state index in [-0.39, 0.29) is 11.7 Å². The SMILES string of the molecule is COc1ccc2cc(CN(C)C(=O)CSc3nnc(-c4ccco4)n3Cc3ccccc3)ccc2c1. The molecule has 0 bridgehead atoms. The molecule has 2 heterocycles. The van der Waals surface area contributed by atoms with Crippen molar-refractivity contribution in [2.75, 3.05) is 19.9 Å². The molecular formula is C28H26N4O3S. The Labute approximate surface area is 213 Å². The second-order valence-electron chi connectivity index (χ2n) is 8.44. The van der Waals surface area contributed by atoms with Crippen LogP contribution in [0.25, 0.3) is 22.4 Å². The molecule has 3 aromatic carbocycles. The third kappa shape index (κ3) is 5.28. The van der Waals surface area contributed by atoms with Gasteiger partial charge in [-0.2, -0.15) is 0 Å². The predicted octanol–water partition coefficient (Wildman–Crippen LogP) is 5.50. The fourth-order valence-electron chi connectivity index (χ4n) is 3.99. The molecular weight excluding hydrogens is 472 g/mol. The van der Waals surface area contributed by atoms with Crippen LogP contribution < -0.4 is 4.74 Å². The molecule has 36 heavy (non-hydrogen) atoms. The van der Waals surface area contributed by atoms with Crippen LogP contribution >= 0.6 is 11.8 Å². The molecule has 2 aromatic heterocycles. The first-order valence-corrected chi connectivity index (χ1v) is 12.5. The van der Waals surface area contributed by atoms with Crippen molar-refractivity contribution in [1.82, 2.24) is 19.7 Å². The molecule has 5 aromatic rings. The zero-order valence-electron chi connectivity index (χ0n) is 20.1. The fraction of sp³-hybridized carbons (Fsp3) is 0.179. The minimum atomic E-state index is 0.0173. The number of aromatic nitrogens is 3. The normalized spacial score (nSPS) is 11.1. The van der Waals surface area contributed by atoms with Crippen molar-refractivity contribution in [1.29, 1.82) is 0 Å². The van der Waals surface area contributed by atoms with Crippen LogP contribution in [-0.2, 0) is 17.9 Å². The van der Waals surface area contributed by atoms with Crippen molar-refractivity contribution in [3.05, 3.63) is 96.3 Å². The van der Waals surface area contributed by atoms with E-state index in [0.29, 0.717) is 29.8 Å². The number of benzene rings is 3. The van der Waals surface area contributed by atoms with Gasteiger partial charge in [-0.3, -0.25) is 9.36 Å². The molecule has 182 valence electrons. The van der Waals surface area contributed by atoms with Crippen LogP contribution in [0.4, 0.5) is 0 Å². The number of hydrogen-bond acceptors (Lipinski definition) is 6. The molecule has 0 aliphatic rings. The number of fused-ring (bicyclic) bond motifs is 1. The molecule has 0 radical (unpaired) electrons. The summed E-state index contributed by atoms with van der Waals surface area (Å²) in [6.45, 7) is 1.10. The highest BCUT2D eigenvalue weighted by Gasteiger charge is 2.19. The largest absolute Gasteiger partial charge is 0.497 e. The lowest BCUT2D eigenvalue weighted by molar-refractivity contribution is -0.127. The van der Waals surface area contributed by atoms with Gasteiger partial charge in [-0.25, -0.2) is 0 Å². The zero-order chi connectivity index (χ0) is 24.9. The average Bonchev–Trinajstić information content (AvgIpc) is 3.57. The van der Waals surface area contributed by atoms with Gasteiger partial charge in [0.2, 0.25) is 11.7 Å². The minimum Gasteiger partial charge on any atom is -0.497 e. The maximum atomic E-state index is 13.0. The van der Waals surface area contributed by atoms with Gasteiger partial charge in [0, 0.05) is 13.6 Å². The summed E-state index contributed by atoms with van der Waals surface area (Å²) in [6.07, 6.45) is 1.62. The lowest BCUT2D eigenvalue weighted by Gasteiger charge is -2.17. The molecule has 0 aliphatic heterocycles. The Balaban J connectivity index is 1.28. The highest BCUT2D eigenvalue weighted by Crippen LogP contribution is 2.26. The third-order valence-electron chi connectivity index (χ3n) is 5.92. The second kappa shape index (κ2) is 10.7. The van der Waals surface area contributed by atoms with Crippen LogP contribution in [0.3, 0.4) is 0 Å². The highest BCUT2D eigenvalue weighted by atomic mass is 32.2. The lowest BCUT2D eigenvalue weighted by atomic mass is 10.1. The Hall–Kier alpha value is -4.04. The molecule has 0 unspecified atom stereocenters. The molecule has 1 amide bonds. The van der Waals surface area contributed by atoms with E-state index in [1.807, 2.05) is 66.2 Å². The maximum absolute atomic E-state index is 13.0. The molecule has 0 spiro atoms. The van der Waals surface area contributed by atoms with E-state index in [9.17, 15) is 4.79 Å². The number of furan rings is 1. The second-order valence-corrected chi connectivity index (χ2v) is 9.38. The molecule has 8 heteroatoms. The fourth-order valence-corrected chi connectivity index (χ4v) is 4.87. The van der Waals surface area contributed by atoms with Gasteiger partial charge in [-0.15, -0.1) is 10.2 Å². The first-order valence-electron chi connectivity index (χ1n) is 11.5. The Bertz CT molecular complexity index is 1470. The van der Waals surface area contributed by atoms with Crippen LogP contribution in [0.5, 0.6) is 5.75 Å². The third-order valence-corrected chi connectivity index (χ3v) is 6.88. The number of rotatable bonds is 9. The summed E-state index contributed by atoms with van der Waals surface area (Å²) in [7, 11) is 3.49. The van der Waals surface area contributed by atoms with Crippen LogP contribution in [-0.4, -0.2) is 45.5 Å². The number of ether oxygens (including phenoxy) is 1. The Morgan fingerprint density at radius 3 is 2.56 bits per heavy atom. The van der Waals surface area contributed by atoms with E-state index in [4.69, 9.17) is 9.15 Å². The summed E-state index contributed by atoms with van der Waals surface area (Å²) in [5.74, 6) is 2.38. The van der Waals surface area contributed by atoms with Crippen molar-refractivity contribution < 1.29 is 13.9 Å². The van der Waals surface area contributed by atoms with E-state index in [0.717, 1.165) is 27.6 Å². The van der Waals surface area contributed by atoms with Gasteiger partial charge in [-0.1, -0.05) is 60.3 Å². The van der Waals surface area contributed by atoms with E-state index in [1.165, 1.54) is 11.8 Å². The summed E-state index contributed by atoms with van der Waals surface area (Å²) in [6, 6.07) is 26.0. The summed E-state index contributed by atoms with van der Waals surface area (Å²) < 4.78 is 12.9. The number of nitrogens with zero attached hydrogens (tertiary/aromatic N) is 4. The van der Waals surface area contributed by atoms with Crippen molar-refractivity contribution >= 4 is 28.4 Å². The molecule has 0 saturated heterocycles. The Morgan fingerprint density at radius 2 is 1.78 bits per heavy atom. The summed E-state index contributed by atoms with van der Waals surface area (Å²) in [5.41, 5.74) is 2.19. The van der Waals surface area contributed by atoms with E-state index >= 15 is 0 Å². The van der Waals surface area contributed by atoms with Crippen molar-refractivity contribution in [2.24, 2.45) is 0 Å². The number of amides is 1. The molecule has 0 aliphatic carbocycles. The maximum Gasteiger partial charge on any atom is 0.233 e. The molecule has 0 saturated carbocycles. The predicted molar refractivity (Wildman–Crippen MR) is 141 cm³/mol.